The van der Waals surface area contributed by atoms with E-state index in [2.05, 4.69) is 26.3 Å². The standard InChI is InChI=1S/C37H50N8O6.ClH/c1-36(2,51)30-21-40-43-45(30)27-20-29(34(49)42-37(31(46)32(38)47)14-16-39-17-15-37)44(22-27)35(50)28(18-23-8-4-3-5-9-23)41-33(48)26-13-12-24-10-6-7-11-25(24)19-26;/h6-7,10-13,19,21,23,27-29,31,39,46,51H,3-5,8-9,14-18,20,22H2,1-2H3,(H2,38,47)(H,41,48)(H,42,49);1H/t27?,28-,29+,31?;/m1./s1. The lowest BCUT2D eigenvalue weighted by atomic mass is 9.82. The van der Waals surface area contributed by atoms with Gasteiger partial charge in [-0.2, -0.15) is 0 Å². The number of hydrogen-bond donors (Lipinski definition) is 6. The minimum absolute atomic E-state index is 0. The number of nitrogens with two attached hydrogens (primary N) is 1. The zero-order valence-corrected chi connectivity index (χ0v) is 30.6. The molecule has 52 heavy (non-hydrogen) atoms. The van der Waals surface area contributed by atoms with Crippen LogP contribution < -0.4 is 21.7 Å². The van der Waals surface area contributed by atoms with Crippen LogP contribution in [0.3, 0.4) is 0 Å². The number of aromatic nitrogens is 3. The smallest absolute Gasteiger partial charge is 0.251 e. The molecule has 4 atom stereocenters. The molecule has 1 aliphatic carbocycles. The summed E-state index contributed by atoms with van der Waals surface area (Å²) in [6.07, 6.45) is 5.99. The maximum atomic E-state index is 14.8. The van der Waals surface area contributed by atoms with Gasteiger partial charge in [0.2, 0.25) is 17.7 Å². The number of halogens is 1. The van der Waals surface area contributed by atoms with Crippen molar-refractivity contribution in [2.45, 2.75) is 107 Å². The van der Waals surface area contributed by atoms with Gasteiger partial charge in [0.05, 0.1) is 23.5 Å². The highest BCUT2D eigenvalue weighted by Crippen LogP contribution is 2.34. The van der Waals surface area contributed by atoms with E-state index in [1.54, 1.807) is 30.7 Å². The van der Waals surface area contributed by atoms with Crippen molar-refractivity contribution in [2.24, 2.45) is 11.7 Å². The second-order valence-corrected chi connectivity index (χ2v) is 15.0. The quantitative estimate of drug-likeness (QED) is 0.170. The van der Waals surface area contributed by atoms with Crippen LogP contribution in [0.5, 0.6) is 0 Å². The number of hydrogen-bond acceptors (Lipinski definition) is 9. The first-order valence-electron chi connectivity index (χ1n) is 18.1. The van der Waals surface area contributed by atoms with Crippen molar-refractivity contribution in [2.75, 3.05) is 19.6 Å². The Morgan fingerprint density at radius 3 is 2.42 bits per heavy atom. The molecule has 2 aromatic carbocycles. The molecule has 2 unspecified atom stereocenters. The van der Waals surface area contributed by atoms with Crippen molar-refractivity contribution >= 4 is 46.8 Å². The van der Waals surface area contributed by atoms with Crippen LogP contribution in [0.25, 0.3) is 10.8 Å². The first-order valence-corrected chi connectivity index (χ1v) is 18.1. The number of fused-ring (bicyclic) bond motifs is 1. The lowest BCUT2D eigenvalue weighted by Gasteiger charge is -2.42. The number of nitrogens with zero attached hydrogens (tertiary/aromatic N) is 4. The van der Waals surface area contributed by atoms with Crippen molar-refractivity contribution in [3.8, 4) is 0 Å². The topological polar surface area (TPSA) is 205 Å². The van der Waals surface area contributed by atoms with Crippen molar-refractivity contribution in [3.63, 3.8) is 0 Å². The summed E-state index contributed by atoms with van der Waals surface area (Å²) >= 11 is 0. The first kappa shape index (κ1) is 39.1. The monoisotopic (exact) mass is 738 g/mol. The molecule has 3 aliphatic rings. The fourth-order valence-electron chi connectivity index (χ4n) is 8.13. The molecule has 3 heterocycles. The van der Waals surface area contributed by atoms with Crippen molar-refractivity contribution in [1.29, 1.82) is 0 Å². The predicted molar refractivity (Wildman–Crippen MR) is 196 cm³/mol. The van der Waals surface area contributed by atoms with Gasteiger partial charge in [0.25, 0.3) is 5.91 Å². The molecule has 2 saturated heterocycles. The van der Waals surface area contributed by atoms with Crippen LogP contribution in [0.4, 0.5) is 0 Å². The highest BCUT2D eigenvalue weighted by molar-refractivity contribution is 6.01. The Hall–Kier alpha value is -4.11. The Labute approximate surface area is 309 Å². The van der Waals surface area contributed by atoms with Crippen LogP contribution in [0.1, 0.15) is 93.7 Å². The summed E-state index contributed by atoms with van der Waals surface area (Å²) in [6, 6.07) is 10.7. The fraction of sp³-hybridized carbons (Fsp3) is 0.568. The number of piperidine rings is 1. The Bertz CT molecular complexity index is 1750. The minimum Gasteiger partial charge on any atom is -0.384 e. The van der Waals surface area contributed by atoms with E-state index < -0.39 is 53.1 Å². The Morgan fingerprint density at radius 2 is 1.75 bits per heavy atom. The predicted octanol–water partition coefficient (Wildman–Crippen LogP) is 2.08. The zero-order valence-electron chi connectivity index (χ0n) is 29.8. The highest BCUT2D eigenvalue weighted by Gasteiger charge is 2.49. The molecule has 7 N–H and O–H groups in total. The number of benzene rings is 2. The summed E-state index contributed by atoms with van der Waals surface area (Å²) in [7, 11) is 0. The molecule has 15 heteroatoms. The number of aliphatic hydroxyl groups excluding tert-OH is 1. The number of likely N-dealkylation sites (tertiary alicyclic amines) is 1. The van der Waals surface area contributed by atoms with Gasteiger partial charge in [-0.3, -0.25) is 19.2 Å². The zero-order chi connectivity index (χ0) is 36.3. The number of rotatable bonds is 11. The molecular formula is C37H51ClN8O6. The molecule has 3 aromatic rings. The Kier molecular flexibility index (Phi) is 12.2. The van der Waals surface area contributed by atoms with E-state index in [0.717, 1.165) is 42.9 Å². The van der Waals surface area contributed by atoms with E-state index in [0.29, 0.717) is 30.8 Å². The Morgan fingerprint density at radius 1 is 1.06 bits per heavy atom. The summed E-state index contributed by atoms with van der Waals surface area (Å²) in [5.74, 6) is -2.07. The molecule has 14 nitrogen and oxygen atoms in total. The summed E-state index contributed by atoms with van der Waals surface area (Å²) in [6.45, 7) is 4.17. The fourth-order valence-corrected chi connectivity index (χ4v) is 8.13. The van der Waals surface area contributed by atoms with Gasteiger partial charge in [-0.1, -0.05) is 67.6 Å². The van der Waals surface area contributed by atoms with E-state index in [9.17, 15) is 29.4 Å². The van der Waals surface area contributed by atoms with Crippen molar-refractivity contribution in [3.05, 3.63) is 59.9 Å². The molecule has 282 valence electrons. The number of primary amides is 1. The van der Waals surface area contributed by atoms with Crippen LogP contribution in [0.2, 0.25) is 0 Å². The van der Waals surface area contributed by atoms with Crippen molar-refractivity contribution < 1.29 is 29.4 Å². The van der Waals surface area contributed by atoms with Gasteiger partial charge in [-0.05, 0) is 75.0 Å². The number of aliphatic hydroxyl groups is 2. The van der Waals surface area contributed by atoms with E-state index >= 15 is 0 Å². The van der Waals surface area contributed by atoms with Gasteiger partial charge in [-0.25, -0.2) is 4.68 Å². The van der Waals surface area contributed by atoms with Gasteiger partial charge in [0.15, 0.2) is 6.10 Å². The van der Waals surface area contributed by atoms with Gasteiger partial charge in [-0.15, -0.1) is 17.5 Å². The summed E-state index contributed by atoms with van der Waals surface area (Å²) in [5, 5.41) is 41.2. The summed E-state index contributed by atoms with van der Waals surface area (Å²) in [5.41, 5.74) is 3.77. The average Bonchev–Trinajstić information content (AvgIpc) is 3.80. The molecule has 1 aromatic heterocycles. The molecule has 6 rings (SSSR count). The van der Waals surface area contributed by atoms with Gasteiger partial charge in [0.1, 0.15) is 17.7 Å². The van der Waals surface area contributed by atoms with Gasteiger partial charge in [0, 0.05) is 18.5 Å². The van der Waals surface area contributed by atoms with E-state index in [1.165, 1.54) is 11.1 Å². The van der Waals surface area contributed by atoms with Crippen LogP contribution in [-0.4, -0.2) is 97.1 Å². The minimum atomic E-state index is -1.64. The van der Waals surface area contributed by atoms with E-state index in [-0.39, 0.29) is 50.0 Å². The largest absolute Gasteiger partial charge is 0.384 e. The summed E-state index contributed by atoms with van der Waals surface area (Å²) in [4.78, 5) is 56.8. The van der Waals surface area contributed by atoms with Crippen molar-refractivity contribution in [1.82, 2.24) is 35.8 Å². The second-order valence-electron chi connectivity index (χ2n) is 15.0. The van der Waals surface area contributed by atoms with E-state index in [4.69, 9.17) is 5.73 Å². The first-order chi connectivity index (χ1) is 24.4. The molecule has 3 fully saturated rings. The molecular weight excluding hydrogens is 688 g/mol. The van der Waals surface area contributed by atoms with Crippen LogP contribution in [0.15, 0.2) is 48.7 Å². The number of carbonyl (C=O) groups is 4. The third-order valence-corrected chi connectivity index (χ3v) is 11.0. The molecule has 0 spiro atoms. The number of carbonyl (C=O) groups excluding carboxylic acids is 4. The molecule has 2 aliphatic heterocycles. The van der Waals surface area contributed by atoms with Crippen LogP contribution in [0, 0.1) is 5.92 Å². The molecule has 0 bridgehead atoms. The lowest BCUT2D eigenvalue weighted by Crippen LogP contribution is -2.66. The van der Waals surface area contributed by atoms with E-state index in [1.807, 2.05) is 30.3 Å². The second kappa shape index (κ2) is 16.3. The molecule has 4 amide bonds. The normalized spacial score (nSPS) is 21.9. The highest BCUT2D eigenvalue weighted by atomic mass is 35.5. The maximum absolute atomic E-state index is 14.8. The molecule has 1 saturated carbocycles. The maximum Gasteiger partial charge on any atom is 0.251 e. The molecule has 0 radical (unpaired) electrons. The number of nitrogens with one attached hydrogen (secondary N) is 3. The van der Waals surface area contributed by atoms with Gasteiger partial charge < -0.3 is 36.8 Å². The van der Waals surface area contributed by atoms with Gasteiger partial charge >= 0.3 is 0 Å². The SMILES string of the molecule is CC(C)(O)c1cnnn1C1C[C@@H](C(=O)NC2(C(O)C(N)=O)CCNCC2)N(C(=O)[C@@H](CC2CCCCC2)NC(=O)c2ccc3ccccc3c2)C1.Cl. The third kappa shape index (κ3) is 8.41. The average molecular weight is 739 g/mol. The van der Waals surface area contributed by atoms with Crippen LogP contribution in [-0.2, 0) is 20.0 Å². The Balaban J connectivity index is 0.00000523. The number of amides is 4. The lowest BCUT2D eigenvalue weighted by molar-refractivity contribution is -0.143. The van der Waals surface area contributed by atoms with Crippen LogP contribution >= 0.6 is 12.4 Å². The summed E-state index contributed by atoms with van der Waals surface area (Å²) < 4.78 is 1.55. The third-order valence-electron chi connectivity index (χ3n) is 11.0.